The highest BCUT2D eigenvalue weighted by Gasteiger charge is 2.36. The summed E-state index contributed by atoms with van der Waals surface area (Å²) in [5.74, 6) is -0.571. The average Bonchev–Trinajstić information content (AvgIpc) is 3.20. The predicted molar refractivity (Wildman–Crippen MR) is 92.7 cm³/mol. The molecule has 4 nitrogen and oxygen atoms in total. The molecule has 0 saturated carbocycles. The van der Waals surface area contributed by atoms with E-state index in [1.807, 2.05) is 17.5 Å². The lowest BCUT2D eigenvalue weighted by molar-refractivity contribution is -0.137. The molecule has 9 heteroatoms. The largest absolute Gasteiger partial charge is 0.416 e. The Bertz CT molecular complexity index is 875. The molecule has 0 unspecified atom stereocenters. The van der Waals surface area contributed by atoms with E-state index in [0.717, 1.165) is 29.1 Å². The lowest BCUT2D eigenvalue weighted by Gasteiger charge is -2.28. The third-order valence-electron chi connectivity index (χ3n) is 4.28. The van der Waals surface area contributed by atoms with Crippen LogP contribution in [0.5, 0.6) is 0 Å². The first-order valence-electron chi connectivity index (χ1n) is 7.87. The van der Waals surface area contributed by atoms with E-state index in [1.165, 1.54) is 16.2 Å². The topological polar surface area (TPSA) is 54.5 Å². The summed E-state index contributed by atoms with van der Waals surface area (Å²) in [6, 6.07) is 7.18. The summed E-state index contributed by atoms with van der Waals surface area (Å²) in [4.78, 5) is 15.2. The highest BCUT2D eigenvalue weighted by molar-refractivity contribution is 7.91. The molecule has 1 atom stereocenters. The number of halogens is 3. The fourth-order valence-electron chi connectivity index (χ4n) is 2.93. The van der Waals surface area contributed by atoms with Crippen molar-refractivity contribution >= 4 is 27.1 Å². The lowest BCUT2D eigenvalue weighted by Crippen LogP contribution is -2.40. The van der Waals surface area contributed by atoms with Gasteiger partial charge in [0, 0.05) is 16.5 Å². The van der Waals surface area contributed by atoms with E-state index in [2.05, 4.69) is 0 Å². The van der Waals surface area contributed by atoms with E-state index in [9.17, 15) is 26.4 Å². The molecule has 1 fully saturated rings. The molecule has 1 amide bonds. The van der Waals surface area contributed by atoms with Crippen LogP contribution in [0, 0.1) is 0 Å². The Balaban J connectivity index is 1.87. The van der Waals surface area contributed by atoms with E-state index in [1.54, 1.807) is 0 Å². The van der Waals surface area contributed by atoms with E-state index < -0.39 is 33.5 Å². The van der Waals surface area contributed by atoms with Crippen LogP contribution in [0.4, 0.5) is 13.2 Å². The minimum Gasteiger partial charge on any atom is -0.329 e. The van der Waals surface area contributed by atoms with Crippen LogP contribution in [0.3, 0.4) is 0 Å². The zero-order valence-electron chi connectivity index (χ0n) is 13.6. The summed E-state index contributed by atoms with van der Waals surface area (Å²) < 4.78 is 61.7. The molecule has 140 valence electrons. The van der Waals surface area contributed by atoms with Crippen LogP contribution in [0.1, 0.15) is 27.2 Å². The van der Waals surface area contributed by atoms with Gasteiger partial charge in [0.1, 0.15) is 0 Å². The second-order valence-electron chi connectivity index (χ2n) is 6.14. The first kappa shape index (κ1) is 18.9. The Morgan fingerprint density at radius 3 is 2.38 bits per heavy atom. The maximum atomic E-state index is 12.9. The number of alkyl halides is 3. The number of sulfone groups is 1. The smallest absolute Gasteiger partial charge is 0.329 e. The second kappa shape index (κ2) is 7.03. The highest BCUT2D eigenvalue weighted by atomic mass is 32.2. The molecule has 0 aliphatic carbocycles. The summed E-state index contributed by atoms with van der Waals surface area (Å²) >= 11 is 1.44. The Kier molecular flexibility index (Phi) is 5.12. The predicted octanol–water partition coefficient (Wildman–Crippen LogP) is 3.60. The number of nitrogens with zero attached hydrogens (tertiary/aromatic N) is 1. The summed E-state index contributed by atoms with van der Waals surface area (Å²) in [7, 11) is -3.20. The molecule has 3 rings (SSSR count). The van der Waals surface area contributed by atoms with Crippen LogP contribution in [0.2, 0.25) is 0 Å². The van der Waals surface area contributed by atoms with Gasteiger partial charge in [0.15, 0.2) is 9.84 Å². The number of thiophene rings is 1. The van der Waals surface area contributed by atoms with Gasteiger partial charge >= 0.3 is 6.18 Å². The van der Waals surface area contributed by atoms with Crippen molar-refractivity contribution in [1.82, 2.24) is 4.90 Å². The Morgan fingerprint density at radius 2 is 1.88 bits per heavy atom. The van der Waals surface area contributed by atoms with Crippen molar-refractivity contribution < 1.29 is 26.4 Å². The van der Waals surface area contributed by atoms with Crippen LogP contribution in [0.15, 0.2) is 41.8 Å². The third-order valence-corrected chi connectivity index (χ3v) is 6.89. The van der Waals surface area contributed by atoms with E-state index in [4.69, 9.17) is 0 Å². The van der Waals surface area contributed by atoms with Gasteiger partial charge < -0.3 is 4.90 Å². The van der Waals surface area contributed by atoms with Crippen molar-refractivity contribution in [2.45, 2.75) is 25.2 Å². The molecular weight excluding hydrogens is 387 g/mol. The molecule has 1 aliphatic rings. The van der Waals surface area contributed by atoms with Crippen molar-refractivity contribution in [2.75, 3.05) is 11.5 Å². The molecule has 0 bridgehead atoms. The van der Waals surface area contributed by atoms with Crippen molar-refractivity contribution in [3.05, 3.63) is 57.8 Å². The van der Waals surface area contributed by atoms with Crippen LogP contribution in [-0.4, -0.2) is 36.8 Å². The minimum absolute atomic E-state index is 0.0128. The molecule has 0 spiro atoms. The van der Waals surface area contributed by atoms with Crippen molar-refractivity contribution in [3.8, 4) is 0 Å². The Hall–Kier alpha value is -1.87. The number of hydrogen-bond donors (Lipinski definition) is 0. The molecule has 1 aromatic heterocycles. The average molecular weight is 403 g/mol. The molecular formula is C17H16F3NO3S2. The summed E-state index contributed by atoms with van der Waals surface area (Å²) in [6.45, 7) is 0.234. The zero-order valence-corrected chi connectivity index (χ0v) is 15.2. The van der Waals surface area contributed by atoms with Gasteiger partial charge in [0.25, 0.3) is 5.91 Å². The van der Waals surface area contributed by atoms with Crippen molar-refractivity contribution in [1.29, 1.82) is 0 Å². The molecule has 2 aromatic rings. The fraction of sp³-hybridized carbons (Fsp3) is 0.353. The second-order valence-corrected chi connectivity index (χ2v) is 9.41. The van der Waals surface area contributed by atoms with Gasteiger partial charge in [-0.15, -0.1) is 11.3 Å². The van der Waals surface area contributed by atoms with E-state index in [0.29, 0.717) is 6.42 Å². The van der Waals surface area contributed by atoms with E-state index in [-0.39, 0.29) is 23.6 Å². The summed E-state index contributed by atoms with van der Waals surface area (Å²) in [5.41, 5.74) is -0.721. The van der Waals surface area contributed by atoms with Gasteiger partial charge in [0.05, 0.1) is 23.6 Å². The fourth-order valence-corrected chi connectivity index (χ4v) is 5.36. The molecule has 2 heterocycles. The molecule has 1 aliphatic heterocycles. The van der Waals surface area contributed by atoms with Crippen LogP contribution >= 0.6 is 11.3 Å². The number of hydrogen-bond acceptors (Lipinski definition) is 4. The first-order chi connectivity index (χ1) is 12.2. The quantitative estimate of drug-likeness (QED) is 0.784. The normalized spacial score (nSPS) is 19.4. The van der Waals surface area contributed by atoms with Gasteiger partial charge in [-0.2, -0.15) is 13.2 Å². The van der Waals surface area contributed by atoms with E-state index >= 15 is 0 Å². The molecule has 0 radical (unpaired) electrons. The van der Waals surface area contributed by atoms with Gasteiger partial charge in [-0.05, 0) is 42.1 Å². The van der Waals surface area contributed by atoms with Gasteiger partial charge in [0.2, 0.25) is 0 Å². The first-order valence-corrected chi connectivity index (χ1v) is 10.6. The SMILES string of the molecule is O=C(c1ccc(C(F)(F)F)cc1)N(Cc1cccs1)[C@H]1CCS(=O)(=O)C1. The van der Waals surface area contributed by atoms with Crippen LogP contribution < -0.4 is 0 Å². The Morgan fingerprint density at radius 1 is 1.19 bits per heavy atom. The van der Waals surface area contributed by atoms with Crippen molar-refractivity contribution in [3.63, 3.8) is 0 Å². The summed E-state index contributed by atoms with van der Waals surface area (Å²) in [5, 5.41) is 1.85. The highest BCUT2D eigenvalue weighted by Crippen LogP contribution is 2.30. The number of carbonyl (C=O) groups excluding carboxylic acids is 1. The molecule has 1 saturated heterocycles. The zero-order chi connectivity index (χ0) is 18.9. The standard InChI is InChI=1S/C17H16F3NO3S2/c18-17(19,20)13-5-3-12(4-6-13)16(22)21(10-15-2-1-8-25-15)14-7-9-26(23,24)11-14/h1-6,8,14H,7,9-11H2/t14-/m0/s1. The Labute approximate surface area is 153 Å². The van der Waals surface area contributed by atoms with Gasteiger partial charge in [-0.1, -0.05) is 6.07 Å². The van der Waals surface area contributed by atoms with Gasteiger partial charge in [-0.25, -0.2) is 8.42 Å². The minimum atomic E-state index is -4.47. The number of carbonyl (C=O) groups is 1. The molecule has 26 heavy (non-hydrogen) atoms. The maximum absolute atomic E-state index is 12.9. The number of rotatable bonds is 4. The molecule has 1 aromatic carbocycles. The van der Waals surface area contributed by atoms with Crippen LogP contribution in [-0.2, 0) is 22.6 Å². The van der Waals surface area contributed by atoms with Gasteiger partial charge in [-0.3, -0.25) is 4.79 Å². The maximum Gasteiger partial charge on any atom is 0.416 e. The number of benzene rings is 1. The lowest BCUT2D eigenvalue weighted by atomic mass is 10.1. The summed E-state index contributed by atoms with van der Waals surface area (Å²) in [6.07, 6.45) is -4.14. The molecule has 0 N–H and O–H groups in total. The van der Waals surface area contributed by atoms with Crippen LogP contribution in [0.25, 0.3) is 0 Å². The third kappa shape index (κ3) is 4.27. The van der Waals surface area contributed by atoms with Crippen molar-refractivity contribution in [2.24, 2.45) is 0 Å². The number of amides is 1. The monoisotopic (exact) mass is 403 g/mol.